The Kier molecular flexibility index (Phi) is 6.26. The Labute approximate surface area is 200 Å². The molecule has 1 aromatic carbocycles. The zero-order valence-corrected chi connectivity index (χ0v) is 18.9. The molecule has 1 fully saturated rings. The number of methoxy groups -OCH3 is 1. The van der Waals surface area contributed by atoms with Crippen molar-refractivity contribution in [3.63, 3.8) is 0 Å². The monoisotopic (exact) mass is 507 g/mol. The van der Waals surface area contributed by atoms with Crippen molar-refractivity contribution >= 4 is 40.8 Å². The number of hydrogen-bond donors (Lipinski definition) is 2. The van der Waals surface area contributed by atoms with Gasteiger partial charge in [0.2, 0.25) is 17.5 Å². The van der Waals surface area contributed by atoms with Crippen LogP contribution in [0.25, 0.3) is 5.69 Å². The molecule has 1 saturated heterocycles. The van der Waals surface area contributed by atoms with E-state index in [1.54, 1.807) is 11.0 Å². The molecule has 1 aliphatic rings. The van der Waals surface area contributed by atoms with Crippen LogP contribution >= 0.6 is 23.2 Å². The summed E-state index contributed by atoms with van der Waals surface area (Å²) in [6, 6.07) is 4.06. The van der Waals surface area contributed by atoms with Gasteiger partial charge in [0.15, 0.2) is 5.75 Å². The van der Waals surface area contributed by atoms with Gasteiger partial charge in [-0.2, -0.15) is 9.78 Å². The Morgan fingerprint density at radius 3 is 2.47 bits per heavy atom. The summed E-state index contributed by atoms with van der Waals surface area (Å²) in [5.41, 5.74) is -2.61. The van der Waals surface area contributed by atoms with Crippen molar-refractivity contribution in [3.05, 3.63) is 61.0 Å². The molecular weight excluding hydrogens is 493 g/mol. The van der Waals surface area contributed by atoms with Gasteiger partial charge in [-0.3, -0.25) is 14.6 Å². The third-order valence-corrected chi connectivity index (χ3v) is 5.40. The van der Waals surface area contributed by atoms with Crippen LogP contribution in [0.4, 0.5) is 5.69 Å². The first-order valence-electron chi connectivity index (χ1n) is 9.68. The number of amides is 1. The third kappa shape index (κ3) is 4.32. The molecule has 0 atom stereocenters. The number of carboxylic acid groups (broad SMARTS) is 1. The quantitative estimate of drug-likeness (QED) is 0.510. The molecule has 0 bridgehead atoms. The largest absolute Gasteiger partial charge is 0.480 e. The molecular formula is C20H15Cl2N5O7. The summed E-state index contributed by atoms with van der Waals surface area (Å²) in [5.74, 6) is -1.23. The van der Waals surface area contributed by atoms with Gasteiger partial charge in [0.05, 0.1) is 29.0 Å². The number of ether oxygens (including phenoxy) is 2. The summed E-state index contributed by atoms with van der Waals surface area (Å²) in [6.45, 7) is 0.510. The number of aromatic amines is 1. The van der Waals surface area contributed by atoms with Crippen LogP contribution in [0.15, 0.2) is 34.0 Å². The number of carbonyl (C=O) groups is 2. The average Bonchev–Trinajstić information content (AvgIpc) is 3.21. The van der Waals surface area contributed by atoms with Crippen molar-refractivity contribution in [2.75, 3.05) is 18.6 Å². The van der Waals surface area contributed by atoms with Gasteiger partial charge in [-0.05, 0) is 18.6 Å². The maximum Gasteiger partial charge on any atom is 0.362 e. The van der Waals surface area contributed by atoms with Crippen LogP contribution in [-0.2, 0) is 4.79 Å². The Balaban J connectivity index is 1.71. The van der Waals surface area contributed by atoms with E-state index >= 15 is 0 Å². The number of anilines is 1. The lowest BCUT2D eigenvalue weighted by Crippen LogP contribution is -2.35. The number of rotatable bonds is 6. The van der Waals surface area contributed by atoms with Gasteiger partial charge in [-0.25, -0.2) is 14.6 Å². The van der Waals surface area contributed by atoms with E-state index in [0.29, 0.717) is 29.8 Å². The number of nitrogens with one attached hydrogen (secondary N) is 1. The minimum Gasteiger partial charge on any atom is -0.480 e. The highest BCUT2D eigenvalue weighted by Gasteiger charge is 2.26. The number of pyridine rings is 1. The normalized spacial score (nSPS) is 13.3. The molecule has 0 saturated carbocycles. The number of benzene rings is 1. The molecule has 0 spiro atoms. The van der Waals surface area contributed by atoms with E-state index in [2.05, 4.69) is 10.1 Å². The van der Waals surface area contributed by atoms with E-state index in [1.165, 1.54) is 25.4 Å². The van der Waals surface area contributed by atoms with Gasteiger partial charge >= 0.3 is 11.7 Å². The molecule has 3 aromatic rings. The number of aromatic carboxylic acids is 1. The lowest BCUT2D eigenvalue weighted by Gasteiger charge is -2.19. The van der Waals surface area contributed by atoms with E-state index in [1.807, 2.05) is 4.98 Å². The lowest BCUT2D eigenvalue weighted by atomic mass is 10.3. The number of nitrogens with zero attached hydrogens (tertiary/aromatic N) is 4. The first-order chi connectivity index (χ1) is 16.2. The highest BCUT2D eigenvalue weighted by Crippen LogP contribution is 2.40. The molecule has 4 rings (SSSR count). The fourth-order valence-electron chi connectivity index (χ4n) is 3.33. The zero-order chi connectivity index (χ0) is 24.6. The molecule has 0 radical (unpaired) electrons. The highest BCUT2D eigenvalue weighted by atomic mass is 35.5. The average molecular weight is 508 g/mol. The SMILES string of the molecule is COc1ncc(Oc2c(Cl)cc(-n3nc(C(=O)O)c(=O)[nH]c3=O)cc2Cl)cc1N1CCCC1=O. The Bertz CT molecular complexity index is 1410. The second kappa shape index (κ2) is 9.15. The van der Waals surface area contributed by atoms with Crippen molar-refractivity contribution < 1.29 is 24.2 Å². The molecule has 1 aliphatic heterocycles. The van der Waals surface area contributed by atoms with Crippen LogP contribution in [0.2, 0.25) is 10.0 Å². The van der Waals surface area contributed by atoms with Crippen LogP contribution in [-0.4, -0.2) is 50.4 Å². The van der Waals surface area contributed by atoms with Gasteiger partial charge in [-0.1, -0.05) is 23.2 Å². The number of carbonyl (C=O) groups excluding carboxylic acids is 1. The summed E-state index contributed by atoms with van der Waals surface area (Å²) in [5, 5.41) is 12.6. The summed E-state index contributed by atoms with van der Waals surface area (Å²) < 4.78 is 11.7. The summed E-state index contributed by atoms with van der Waals surface area (Å²) in [6.07, 6.45) is 2.47. The number of halogens is 2. The smallest absolute Gasteiger partial charge is 0.362 e. The topological polar surface area (TPSA) is 157 Å². The van der Waals surface area contributed by atoms with E-state index in [-0.39, 0.29) is 39.0 Å². The van der Waals surface area contributed by atoms with Gasteiger partial charge in [0.25, 0.3) is 5.56 Å². The third-order valence-electron chi connectivity index (χ3n) is 4.84. The summed E-state index contributed by atoms with van der Waals surface area (Å²) in [7, 11) is 1.43. The fraction of sp³-hybridized carbons (Fsp3) is 0.200. The van der Waals surface area contributed by atoms with Crippen LogP contribution < -0.4 is 25.6 Å². The maximum atomic E-state index is 12.2. The van der Waals surface area contributed by atoms with Crippen molar-refractivity contribution in [2.24, 2.45) is 0 Å². The molecule has 2 aromatic heterocycles. The number of aromatic nitrogens is 4. The van der Waals surface area contributed by atoms with Crippen LogP contribution in [0.1, 0.15) is 23.3 Å². The molecule has 3 heterocycles. The van der Waals surface area contributed by atoms with Crippen LogP contribution in [0, 0.1) is 0 Å². The standard InChI is InChI=1S/C20H15Cl2N5O7/c1-33-18-13(26-4-2-3-14(26)28)7-10(8-23-18)34-16-11(21)5-9(6-12(16)22)27-20(32)24-17(29)15(25-27)19(30)31/h5-8H,2-4H2,1H3,(H,30,31)(H,24,29,32). The van der Waals surface area contributed by atoms with Crippen molar-refractivity contribution in [1.29, 1.82) is 0 Å². The van der Waals surface area contributed by atoms with Crippen molar-refractivity contribution in [1.82, 2.24) is 19.7 Å². The van der Waals surface area contributed by atoms with Crippen molar-refractivity contribution in [2.45, 2.75) is 12.8 Å². The first kappa shape index (κ1) is 23.3. The van der Waals surface area contributed by atoms with E-state index < -0.39 is 22.9 Å². The predicted octanol–water partition coefficient (Wildman–Crippen LogP) is 2.25. The molecule has 14 heteroatoms. The predicted molar refractivity (Wildman–Crippen MR) is 120 cm³/mol. The molecule has 2 N–H and O–H groups in total. The Morgan fingerprint density at radius 2 is 1.88 bits per heavy atom. The molecule has 12 nitrogen and oxygen atoms in total. The second-order valence-corrected chi connectivity index (χ2v) is 7.83. The molecule has 0 aliphatic carbocycles. The Morgan fingerprint density at radius 1 is 1.18 bits per heavy atom. The molecule has 1 amide bonds. The lowest BCUT2D eigenvalue weighted by molar-refractivity contribution is -0.117. The van der Waals surface area contributed by atoms with Gasteiger partial charge < -0.3 is 19.5 Å². The zero-order valence-electron chi connectivity index (χ0n) is 17.4. The minimum atomic E-state index is -1.62. The maximum absolute atomic E-state index is 12.2. The summed E-state index contributed by atoms with van der Waals surface area (Å²) >= 11 is 12.6. The first-order valence-corrected chi connectivity index (χ1v) is 10.4. The summed E-state index contributed by atoms with van der Waals surface area (Å²) in [4.78, 5) is 54.7. The number of carboxylic acids is 1. The molecule has 0 unspecified atom stereocenters. The van der Waals surface area contributed by atoms with E-state index in [4.69, 9.17) is 37.8 Å². The van der Waals surface area contributed by atoms with Crippen LogP contribution in [0.3, 0.4) is 0 Å². The number of H-pyrrole nitrogens is 1. The van der Waals surface area contributed by atoms with Gasteiger partial charge in [0.1, 0.15) is 11.4 Å². The van der Waals surface area contributed by atoms with Gasteiger partial charge in [0, 0.05) is 19.0 Å². The van der Waals surface area contributed by atoms with E-state index in [9.17, 15) is 19.2 Å². The molecule has 176 valence electrons. The second-order valence-electron chi connectivity index (χ2n) is 7.01. The highest BCUT2D eigenvalue weighted by molar-refractivity contribution is 6.37. The minimum absolute atomic E-state index is 0.00804. The van der Waals surface area contributed by atoms with Crippen LogP contribution in [0.5, 0.6) is 17.4 Å². The van der Waals surface area contributed by atoms with E-state index in [0.717, 1.165) is 0 Å². The van der Waals surface area contributed by atoms with Crippen molar-refractivity contribution in [3.8, 4) is 23.1 Å². The molecule has 34 heavy (non-hydrogen) atoms. The van der Waals surface area contributed by atoms with Gasteiger partial charge in [-0.15, -0.1) is 0 Å². The number of hydrogen-bond acceptors (Lipinski definition) is 8. The Hall–Kier alpha value is -3.90. The fourth-order valence-corrected chi connectivity index (χ4v) is 3.88.